The van der Waals surface area contributed by atoms with Gasteiger partial charge in [0.15, 0.2) is 23.1 Å². The molecule has 4 rings (SSSR count). The smallest absolute Gasteiger partial charge is 0.314 e. The van der Waals surface area contributed by atoms with Crippen LogP contribution in [0.3, 0.4) is 0 Å². The lowest BCUT2D eigenvalue weighted by Gasteiger charge is -2.19. The Hall–Kier alpha value is -2.83. The van der Waals surface area contributed by atoms with E-state index in [4.69, 9.17) is 9.47 Å². The standard InChI is InChI=1S/C30H34F4O3/c1-3-5-6-7-17-36-24-15-13-21(26(31)28(24)33)22-14-16-25(29(34)27(22)32)37-30(35)23-12-11-19-18(8-4-2)9-10-20(19)23/h9,13-16,19-20,23H,3-8,10-12,17H2,1-2H3. The quantitative estimate of drug-likeness (QED) is 0.0983. The van der Waals surface area contributed by atoms with Gasteiger partial charge < -0.3 is 9.47 Å². The Morgan fingerprint density at radius 1 is 0.838 bits per heavy atom. The van der Waals surface area contributed by atoms with Crippen LogP contribution in [0.15, 0.2) is 35.9 Å². The molecule has 3 atom stereocenters. The highest BCUT2D eigenvalue weighted by atomic mass is 19.2. The van der Waals surface area contributed by atoms with Crippen LogP contribution >= 0.6 is 0 Å². The first-order chi connectivity index (χ1) is 17.9. The first-order valence-electron chi connectivity index (χ1n) is 13.4. The number of hydrogen-bond acceptors (Lipinski definition) is 3. The number of benzene rings is 2. The second-order valence-electron chi connectivity index (χ2n) is 10.0. The largest absolute Gasteiger partial charge is 0.490 e. The molecule has 1 saturated carbocycles. The lowest BCUT2D eigenvalue weighted by molar-refractivity contribution is -0.140. The summed E-state index contributed by atoms with van der Waals surface area (Å²) in [7, 11) is 0. The number of allylic oxidation sites excluding steroid dienone is 2. The maximum Gasteiger partial charge on any atom is 0.314 e. The van der Waals surface area contributed by atoms with Gasteiger partial charge in [-0.1, -0.05) is 51.2 Å². The highest BCUT2D eigenvalue weighted by molar-refractivity contribution is 5.77. The average molecular weight is 519 g/mol. The molecule has 2 aromatic carbocycles. The number of unbranched alkanes of at least 4 members (excludes halogenated alkanes) is 3. The monoisotopic (exact) mass is 518 g/mol. The van der Waals surface area contributed by atoms with Gasteiger partial charge in [-0.05, 0) is 68.2 Å². The molecular formula is C30H34F4O3. The molecule has 0 bridgehead atoms. The van der Waals surface area contributed by atoms with Gasteiger partial charge in [0.05, 0.1) is 12.5 Å². The Morgan fingerprint density at radius 3 is 2.19 bits per heavy atom. The van der Waals surface area contributed by atoms with Crippen LogP contribution < -0.4 is 9.47 Å². The van der Waals surface area contributed by atoms with Crippen molar-refractivity contribution in [3.8, 4) is 22.6 Å². The molecule has 3 nitrogen and oxygen atoms in total. The third kappa shape index (κ3) is 5.70. The fourth-order valence-corrected chi connectivity index (χ4v) is 5.73. The Balaban J connectivity index is 1.45. The van der Waals surface area contributed by atoms with Crippen LogP contribution in [0.5, 0.6) is 11.5 Å². The van der Waals surface area contributed by atoms with E-state index in [-0.39, 0.29) is 24.2 Å². The molecule has 2 aliphatic rings. The number of hydrogen-bond donors (Lipinski definition) is 0. The Morgan fingerprint density at radius 2 is 1.51 bits per heavy atom. The van der Waals surface area contributed by atoms with Crippen LogP contribution in [0.2, 0.25) is 0 Å². The minimum absolute atomic E-state index is 0.130. The predicted molar refractivity (Wildman–Crippen MR) is 134 cm³/mol. The van der Waals surface area contributed by atoms with E-state index in [0.717, 1.165) is 63.1 Å². The van der Waals surface area contributed by atoms with Crippen LogP contribution in [0, 0.1) is 41.0 Å². The van der Waals surface area contributed by atoms with Gasteiger partial charge in [0.25, 0.3) is 0 Å². The van der Waals surface area contributed by atoms with Crippen molar-refractivity contribution in [2.24, 2.45) is 17.8 Å². The van der Waals surface area contributed by atoms with E-state index in [2.05, 4.69) is 19.9 Å². The average Bonchev–Trinajstić information content (AvgIpc) is 3.48. The van der Waals surface area contributed by atoms with Gasteiger partial charge in [0, 0.05) is 11.1 Å². The summed E-state index contributed by atoms with van der Waals surface area (Å²) in [6.07, 6.45) is 10.2. The maximum absolute atomic E-state index is 15.0. The maximum atomic E-state index is 15.0. The summed E-state index contributed by atoms with van der Waals surface area (Å²) in [5.41, 5.74) is 0.476. The SMILES string of the molecule is CCCCCCOc1ccc(-c2ccc(OC(=O)C3CCC4C(CCC)=CCC34)c(F)c2F)c(F)c1F. The number of fused-ring (bicyclic) bond motifs is 1. The zero-order valence-corrected chi connectivity index (χ0v) is 21.4. The zero-order chi connectivity index (χ0) is 26.5. The van der Waals surface area contributed by atoms with Crippen molar-refractivity contribution in [2.75, 3.05) is 6.61 Å². The van der Waals surface area contributed by atoms with Crippen molar-refractivity contribution in [1.82, 2.24) is 0 Å². The van der Waals surface area contributed by atoms with E-state index in [0.29, 0.717) is 18.8 Å². The minimum atomic E-state index is -1.41. The lowest BCUT2D eigenvalue weighted by atomic mass is 9.88. The van der Waals surface area contributed by atoms with Crippen molar-refractivity contribution in [3.63, 3.8) is 0 Å². The normalized spacial score (nSPS) is 20.6. The molecule has 0 spiro atoms. The van der Waals surface area contributed by atoms with Crippen molar-refractivity contribution < 1.29 is 31.8 Å². The second kappa shape index (κ2) is 12.1. The number of ether oxygens (including phenoxy) is 2. The molecule has 7 heteroatoms. The number of esters is 1. The van der Waals surface area contributed by atoms with E-state index >= 15 is 0 Å². The van der Waals surface area contributed by atoms with E-state index in [1.54, 1.807) is 0 Å². The number of carbonyl (C=O) groups excluding carboxylic acids is 1. The molecule has 0 radical (unpaired) electrons. The van der Waals surface area contributed by atoms with Crippen LogP contribution in [0.1, 0.15) is 71.6 Å². The highest BCUT2D eigenvalue weighted by Crippen LogP contribution is 2.49. The summed E-state index contributed by atoms with van der Waals surface area (Å²) >= 11 is 0. The molecule has 37 heavy (non-hydrogen) atoms. The molecule has 0 saturated heterocycles. The molecule has 0 aromatic heterocycles. The molecule has 2 aliphatic carbocycles. The van der Waals surface area contributed by atoms with E-state index in [1.165, 1.54) is 11.6 Å². The van der Waals surface area contributed by atoms with Gasteiger partial charge in [-0.15, -0.1) is 0 Å². The van der Waals surface area contributed by atoms with Crippen LogP contribution in [-0.2, 0) is 4.79 Å². The molecule has 2 aromatic rings. The summed E-state index contributed by atoms with van der Waals surface area (Å²) in [5.74, 6) is -6.71. The lowest BCUT2D eigenvalue weighted by Crippen LogP contribution is -2.25. The van der Waals surface area contributed by atoms with E-state index in [1.807, 2.05) is 0 Å². The third-order valence-electron chi connectivity index (χ3n) is 7.64. The summed E-state index contributed by atoms with van der Waals surface area (Å²) in [4.78, 5) is 12.9. The fourth-order valence-electron chi connectivity index (χ4n) is 5.73. The third-order valence-corrected chi connectivity index (χ3v) is 7.64. The van der Waals surface area contributed by atoms with Gasteiger partial charge in [-0.2, -0.15) is 8.78 Å². The van der Waals surface area contributed by atoms with Crippen molar-refractivity contribution in [1.29, 1.82) is 0 Å². The predicted octanol–water partition coefficient (Wildman–Crippen LogP) is 8.55. The minimum Gasteiger partial charge on any atom is -0.490 e. The van der Waals surface area contributed by atoms with Crippen molar-refractivity contribution in [3.05, 3.63) is 59.2 Å². The molecule has 0 N–H and O–H groups in total. The molecule has 0 aliphatic heterocycles. The van der Waals surface area contributed by atoms with Crippen LogP contribution in [0.4, 0.5) is 17.6 Å². The number of carbonyl (C=O) groups is 1. The molecule has 0 heterocycles. The van der Waals surface area contributed by atoms with E-state index < -0.39 is 46.1 Å². The van der Waals surface area contributed by atoms with Gasteiger partial charge in [-0.3, -0.25) is 4.79 Å². The molecule has 0 amide bonds. The molecule has 3 unspecified atom stereocenters. The Bertz CT molecular complexity index is 1160. The summed E-state index contributed by atoms with van der Waals surface area (Å²) in [5, 5.41) is 0. The fraction of sp³-hybridized carbons (Fsp3) is 0.500. The van der Waals surface area contributed by atoms with Gasteiger partial charge in [0.1, 0.15) is 0 Å². The van der Waals surface area contributed by atoms with Gasteiger partial charge in [-0.25, -0.2) is 8.78 Å². The van der Waals surface area contributed by atoms with Crippen LogP contribution in [-0.4, -0.2) is 12.6 Å². The Labute approximate surface area is 215 Å². The number of rotatable bonds is 11. The van der Waals surface area contributed by atoms with Crippen LogP contribution in [0.25, 0.3) is 11.1 Å². The highest BCUT2D eigenvalue weighted by Gasteiger charge is 2.44. The zero-order valence-electron chi connectivity index (χ0n) is 21.4. The number of halogens is 4. The molecule has 1 fully saturated rings. The molecule has 200 valence electrons. The van der Waals surface area contributed by atoms with Gasteiger partial charge in [0.2, 0.25) is 11.6 Å². The second-order valence-corrected chi connectivity index (χ2v) is 10.0. The van der Waals surface area contributed by atoms with Crippen molar-refractivity contribution in [2.45, 2.75) is 71.6 Å². The topological polar surface area (TPSA) is 35.5 Å². The first kappa shape index (κ1) is 27.2. The van der Waals surface area contributed by atoms with E-state index in [9.17, 15) is 22.4 Å². The van der Waals surface area contributed by atoms with Crippen molar-refractivity contribution >= 4 is 5.97 Å². The summed E-state index contributed by atoms with van der Waals surface area (Å²) in [6, 6.07) is 4.54. The first-order valence-corrected chi connectivity index (χ1v) is 13.4. The Kier molecular flexibility index (Phi) is 8.93. The summed E-state index contributed by atoms with van der Waals surface area (Å²) < 4.78 is 69.8. The van der Waals surface area contributed by atoms with Gasteiger partial charge >= 0.3 is 5.97 Å². The molecular weight excluding hydrogens is 484 g/mol. The summed E-state index contributed by atoms with van der Waals surface area (Å²) in [6.45, 7) is 4.42.